The Morgan fingerprint density at radius 3 is 2.33 bits per heavy atom. The number of nitrogens with zero attached hydrogens (tertiary/aromatic N) is 3. The molecule has 0 amide bonds. The number of hydrogen-bond donors (Lipinski definition) is 0. The molecule has 0 unspecified atom stereocenters. The summed E-state index contributed by atoms with van der Waals surface area (Å²) in [5.74, 6) is 0.843. The standard InChI is InChI=1S/C19H15N3O.CH4/c1-23-17-5-3-16(4-6-17)22-13-21-18-7-2-15(12-19(18)22)14-8-10-20-11-9-14;/h2-13H,1H3;1H4. The summed E-state index contributed by atoms with van der Waals surface area (Å²) in [6.07, 6.45) is 5.46. The van der Waals surface area contributed by atoms with Crippen LogP contribution in [0.25, 0.3) is 27.8 Å². The van der Waals surface area contributed by atoms with Gasteiger partial charge in [-0.15, -0.1) is 0 Å². The zero-order valence-electron chi connectivity index (χ0n) is 12.7. The Balaban J connectivity index is 0.00000169. The molecule has 0 aliphatic rings. The van der Waals surface area contributed by atoms with Crippen molar-refractivity contribution in [3.63, 3.8) is 0 Å². The topological polar surface area (TPSA) is 39.9 Å². The monoisotopic (exact) mass is 317 g/mol. The molecule has 0 saturated carbocycles. The lowest BCUT2D eigenvalue weighted by Gasteiger charge is -2.07. The molecular formula is C20H19N3O. The molecule has 0 fully saturated rings. The van der Waals surface area contributed by atoms with Crippen LogP contribution in [-0.4, -0.2) is 21.6 Å². The van der Waals surface area contributed by atoms with Crippen molar-refractivity contribution in [3.05, 3.63) is 73.3 Å². The van der Waals surface area contributed by atoms with Gasteiger partial charge >= 0.3 is 0 Å². The van der Waals surface area contributed by atoms with Crippen LogP contribution in [0.1, 0.15) is 7.43 Å². The number of pyridine rings is 1. The molecule has 0 aliphatic heterocycles. The summed E-state index contributed by atoms with van der Waals surface area (Å²) in [6.45, 7) is 0. The first-order chi connectivity index (χ1) is 11.3. The van der Waals surface area contributed by atoms with E-state index in [9.17, 15) is 0 Å². The predicted molar refractivity (Wildman–Crippen MR) is 97.6 cm³/mol. The average Bonchev–Trinajstić information content (AvgIpc) is 3.05. The molecule has 0 N–H and O–H groups in total. The highest BCUT2D eigenvalue weighted by Crippen LogP contribution is 2.26. The molecular weight excluding hydrogens is 298 g/mol. The molecule has 4 aromatic rings. The molecule has 0 spiro atoms. The Morgan fingerprint density at radius 2 is 1.62 bits per heavy atom. The zero-order valence-corrected chi connectivity index (χ0v) is 12.7. The second kappa shape index (κ2) is 6.54. The van der Waals surface area contributed by atoms with Crippen LogP contribution in [0.15, 0.2) is 73.3 Å². The minimum atomic E-state index is 0. The van der Waals surface area contributed by atoms with Crippen LogP contribution in [0.4, 0.5) is 0 Å². The van der Waals surface area contributed by atoms with Crippen LogP contribution in [0.5, 0.6) is 5.75 Å². The highest BCUT2D eigenvalue weighted by Gasteiger charge is 2.07. The second-order valence-electron chi connectivity index (χ2n) is 5.25. The summed E-state index contributed by atoms with van der Waals surface area (Å²) in [5.41, 5.74) is 5.39. The van der Waals surface area contributed by atoms with Crippen LogP contribution in [0, 0.1) is 0 Å². The third-order valence-corrected chi connectivity index (χ3v) is 3.91. The van der Waals surface area contributed by atoms with Gasteiger partial charge < -0.3 is 4.74 Å². The van der Waals surface area contributed by atoms with Gasteiger partial charge in [-0.3, -0.25) is 9.55 Å². The molecule has 0 atom stereocenters. The fourth-order valence-corrected chi connectivity index (χ4v) is 2.68. The normalized spacial score (nSPS) is 10.4. The number of benzene rings is 2. The number of fused-ring (bicyclic) bond motifs is 1. The zero-order chi connectivity index (χ0) is 15.6. The maximum absolute atomic E-state index is 5.22. The molecule has 0 aliphatic carbocycles. The van der Waals surface area contributed by atoms with Gasteiger partial charge in [0.15, 0.2) is 0 Å². The highest BCUT2D eigenvalue weighted by molar-refractivity contribution is 5.83. The maximum Gasteiger partial charge on any atom is 0.119 e. The molecule has 24 heavy (non-hydrogen) atoms. The van der Waals surface area contributed by atoms with Crippen LogP contribution >= 0.6 is 0 Å². The summed E-state index contributed by atoms with van der Waals surface area (Å²) in [4.78, 5) is 8.57. The fraction of sp³-hybridized carbons (Fsp3) is 0.100. The molecule has 4 nitrogen and oxygen atoms in total. The van der Waals surface area contributed by atoms with E-state index < -0.39 is 0 Å². The number of rotatable bonds is 3. The number of methoxy groups -OCH3 is 1. The van der Waals surface area contributed by atoms with Crippen LogP contribution in [0.2, 0.25) is 0 Å². The maximum atomic E-state index is 5.22. The van der Waals surface area contributed by atoms with E-state index in [-0.39, 0.29) is 7.43 Å². The minimum Gasteiger partial charge on any atom is -0.497 e. The summed E-state index contributed by atoms with van der Waals surface area (Å²) in [6, 6.07) is 18.3. The van der Waals surface area contributed by atoms with E-state index in [0.717, 1.165) is 33.6 Å². The van der Waals surface area contributed by atoms with Crippen LogP contribution in [-0.2, 0) is 0 Å². The third kappa shape index (κ3) is 2.74. The van der Waals surface area contributed by atoms with Gasteiger partial charge in [-0.2, -0.15) is 0 Å². The highest BCUT2D eigenvalue weighted by atomic mass is 16.5. The molecule has 0 bridgehead atoms. The van der Waals surface area contributed by atoms with Gasteiger partial charge in [0, 0.05) is 18.1 Å². The van der Waals surface area contributed by atoms with E-state index in [1.165, 1.54) is 0 Å². The SMILES string of the molecule is C.COc1ccc(-n2cnc3ccc(-c4ccncc4)cc32)cc1. The Hall–Kier alpha value is -3.14. The van der Waals surface area contributed by atoms with E-state index in [0.29, 0.717) is 0 Å². The van der Waals surface area contributed by atoms with Gasteiger partial charge in [0.2, 0.25) is 0 Å². The Kier molecular flexibility index (Phi) is 4.29. The van der Waals surface area contributed by atoms with E-state index in [2.05, 4.69) is 26.7 Å². The van der Waals surface area contributed by atoms with E-state index in [4.69, 9.17) is 4.74 Å². The number of hydrogen-bond acceptors (Lipinski definition) is 3. The van der Waals surface area contributed by atoms with Gasteiger partial charge in [0.25, 0.3) is 0 Å². The summed E-state index contributed by atoms with van der Waals surface area (Å²) >= 11 is 0. The van der Waals surface area contributed by atoms with E-state index in [1.54, 1.807) is 19.5 Å². The van der Waals surface area contributed by atoms with Gasteiger partial charge in [-0.05, 0) is 59.7 Å². The molecule has 4 heteroatoms. The fourth-order valence-electron chi connectivity index (χ4n) is 2.68. The largest absolute Gasteiger partial charge is 0.497 e. The van der Waals surface area contributed by atoms with Crippen molar-refractivity contribution >= 4 is 11.0 Å². The van der Waals surface area contributed by atoms with Crippen molar-refractivity contribution in [1.29, 1.82) is 0 Å². The lowest BCUT2D eigenvalue weighted by molar-refractivity contribution is 0.415. The van der Waals surface area contributed by atoms with Crippen molar-refractivity contribution in [1.82, 2.24) is 14.5 Å². The van der Waals surface area contributed by atoms with Crippen LogP contribution < -0.4 is 4.74 Å². The Morgan fingerprint density at radius 1 is 0.875 bits per heavy atom. The van der Waals surface area contributed by atoms with Crippen molar-refractivity contribution in [2.45, 2.75) is 7.43 Å². The number of ether oxygens (including phenoxy) is 1. The van der Waals surface area contributed by atoms with Crippen molar-refractivity contribution in [2.75, 3.05) is 7.11 Å². The van der Waals surface area contributed by atoms with Gasteiger partial charge in [-0.25, -0.2) is 4.98 Å². The Labute approximate surface area is 141 Å². The summed E-state index contributed by atoms with van der Waals surface area (Å²) in [7, 11) is 1.67. The molecule has 2 aromatic heterocycles. The molecule has 0 saturated heterocycles. The van der Waals surface area contributed by atoms with Crippen molar-refractivity contribution in [3.8, 4) is 22.6 Å². The first-order valence-corrected chi connectivity index (χ1v) is 7.37. The summed E-state index contributed by atoms with van der Waals surface area (Å²) in [5, 5.41) is 0. The van der Waals surface area contributed by atoms with E-state index in [1.807, 2.05) is 48.8 Å². The molecule has 2 aromatic carbocycles. The predicted octanol–water partition coefficient (Wildman–Crippen LogP) is 4.73. The quantitative estimate of drug-likeness (QED) is 0.548. The summed E-state index contributed by atoms with van der Waals surface area (Å²) < 4.78 is 7.30. The first-order valence-electron chi connectivity index (χ1n) is 7.37. The van der Waals surface area contributed by atoms with Crippen molar-refractivity contribution in [2.24, 2.45) is 0 Å². The molecule has 2 heterocycles. The lowest BCUT2D eigenvalue weighted by atomic mass is 10.1. The lowest BCUT2D eigenvalue weighted by Crippen LogP contribution is -1.92. The van der Waals surface area contributed by atoms with Crippen molar-refractivity contribution < 1.29 is 4.74 Å². The second-order valence-corrected chi connectivity index (χ2v) is 5.25. The first kappa shape index (κ1) is 15.7. The molecule has 4 rings (SSSR count). The number of imidazole rings is 1. The van der Waals surface area contributed by atoms with E-state index >= 15 is 0 Å². The number of aromatic nitrogens is 3. The minimum absolute atomic E-state index is 0. The van der Waals surface area contributed by atoms with Crippen LogP contribution in [0.3, 0.4) is 0 Å². The third-order valence-electron chi connectivity index (χ3n) is 3.91. The van der Waals surface area contributed by atoms with Gasteiger partial charge in [-0.1, -0.05) is 13.5 Å². The van der Waals surface area contributed by atoms with Gasteiger partial charge in [0.1, 0.15) is 12.1 Å². The smallest absolute Gasteiger partial charge is 0.119 e. The molecule has 120 valence electrons. The average molecular weight is 317 g/mol. The van der Waals surface area contributed by atoms with Gasteiger partial charge in [0.05, 0.1) is 18.1 Å². The Bertz CT molecular complexity index is 944. The molecule has 0 radical (unpaired) electrons.